The number of methoxy groups -OCH3 is 1. The molecule has 0 saturated carbocycles. The van der Waals surface area contributed by atoms with Crippen LogP contribution in [0.3, 0.4) is 0 Å². The highest BCUT2D eigenvalue weighted by atomic mass is 32.2. The molecule has 1 aromatic rings. The quantitative estimate of drug-likeness (QED) is 0.334. The van der Waals surface area contributed by atoms with E-state index in [0.29, 0.717) is 32.0 Å². The van der Waals surface area contributed by atoms with E-state index in [-0.39, 0.29) is 26.2 Å². The average Bonchev–Trinajstić information content (AvgIpc) is 3.09. The van der Waals surface area contributed by atoms with Gasteiger partial charge in [0.1, 0.15) is 12.2 Å². The maximum atomic E-state index is 12.1. The van der Waals surface area contributed by atoms with Crippen LogP contribution in [0, 0.1) is 5.92 Å². The molecular formula is C19H31N2O8PS. The lowest BCUT2D eigenvalue weighted by Gasteiger charge is -2.23. The first-order valence-corrected chi connectivity index (χ1v) is 12.0. The molecule has 0 radical (unpaired) electrons. The van der Waals surface area contributed by atoms with Crippen LogP contribution < -0.4 is 11.2 Å². The van der Waals surface area contributed by atoms with E-state index in [4.69, 9.17) is 23.3 Å². The summed E-state index contributed by atoms with van der Waals surface area (Å²) in [6, 6.07) is 1.26. The molecule has 1 fully saturated rings. The molecule has 5 atom stereocenters. The average molecular weight is 479 g/mol. The maximum absolute atomic E-state index is 12.1. The van der Waals surface area contributed by atoms with Crippen LogP contribution in [-0.2, 0) is 28.1 Å². The van der Waals surface area contributed by atoms with Gasteiger partial charge < -0.3 is 23.3 Å². The van der Waals surface area contributed by atoms with Crippen molar-refractivity contribution in [2.24, 2.45) is 5.92 Å². The molecule has 10 nitrogen and oxygen atoms in total. The van der Waals surface area contributed by atoms with Gasteiger partial charge in [0.15, 0.2) is 20.4 Å². The van der Waals surface area contributed by atoms with Gasteiger partial charge in [0.05, 0.1) is 25.9 Å². The van der Waals surface area contributed by atoms with Gasteiger partial charge in [-0.15, -0.1) is 0 Å². The summed E-state index contributed by atoms with van der Waals surface area (Å²) in [6.07, 6.45) is 0.0448. The number of rotatable bonds is 13. The second-order valence-electron chi connectivity index (χ2n) is 7.14. The molecule has 2 unspecified atom stereocenters. The number of carbonyl (C=O) groups excluding carboxylic acids is 1. The van der Waals surface area contributed by atoms with Crippen LogP contribution in [0.5, 0.6) is 0 Å². The van der Waals surface area contributed by atoms with E-state index >= 15 is 0 Å². The predicted octanol–water partition coefficient (Wildman–Crippen LogP) is 1.70. The van der Waals surface area contributed by atoms with E-state index in [0.717, 1.165) is 0 Å². The number of carbonyl (C=O) groups is 1. The Morgan fingerprint density at radius 1 is 1.29 bits per heavy atom. The van der Waals surface area contributed by atoms with Crippen LogP contribution in [0.15, 0.2) is 21.9 Å². The Kier molecular flexibility index (Phi) is 11.4. The summed E-state index contributed by atoms with van der Waals surface area (Å²) in [4.78, 5) is 37.2. The summed E-state index contributed by atoms with van der Waals surface area (Å²) in [7, 11) is 1.27. The molecule has 0 bridgehead atoms. The zero-order valence-electron chi connectivity index (χ0n) is 18.2. The van der Waals surface area contributed by atoms with Gasteiger partial charge in [-0.2, -0.15) is 0 Å². The van der Waals surface area contributed by atoms with Crippen molar-refractivity contribution in [2.75, 3.05) is 32.7 Å². The van der Waals surface area contributed by atoms with Gasteiger partial charge in [-0.1, -0.05) is 32.5 Å². The Morgan fingerprint density at radius 2 is 2.06 bits per heavy atom. The summed E-state index contributed by atoms with van der Waals surface area (Å²) in [5.74, 6) is 0.644. The van der Waals surface area contributed by atoms with E-state index in [2.05, 4.69) is 4.98 Å². The van der Waals surface area contributed by atoms with Gasteiger partial charge >= 0.3 is 5.69 Å². The highest BCUT2D eigenvalue weighted by molar-refractivity contribution is 8.13. The maximum Gasteiger partial charge on any atom is 0.330 e. The Hall–Kier alpha value is -1.07. The Balaban J connectivity index is 1.75. The molecule has 1 N–H and O–H groups in total. The van der Waals surface area contributed by atoms with Crippen molar-refractivity contribution in [1.29, 1.82) is 0 Å². The minimum Gasteiger partial charge on any atom is -0.378 e. The number of ether oxygens (including phenoxy) is 3. The van der Waals surface area contributed by atoms with Crippen LogP contribution in [0.25, 0.3) is 0 Å². The second-order valence-corrected chi connectivity index (χ2v) is 8.93. The van der Waals surface area contributed by atoms with Crippen molar-refractivity contribution in [1.82, 2.24) is 9.55 Å². The van der Waals surface area contributed by atoms with Gasteiger partial charge in [-0.3, -0.25) is 19.1 Å². The normalized spacial score (nSPS) is 23.9. The topological polar surface area (TPSA) is 118 Å². The number of hydrogen-bond donors (Lipinski definition) is 1. The van der Waals surface area contributed by atoms with Gasteiger partial charge in [-0.05, 0) is 6.42 Å². The van der Waals surface area contributed by atoms with Crippen LogP contribution >= 0.6 is 20.8 Å². The summed E-state index contributed by atoms with van der Waals surface area (Å²) in [5, 5.41) is 0.161. The number of H-pyrrole nitrogens is 1. The number of nitrogens with zero attached hydrogens (tertiary/aromatic N) is 1. The molecule has 0 aliphatic carbocycles. The lowest BCUT2D eigenvalue weighted by atomic mass is 10.1. The van der Waals surface area contributed by atoms with Crippen molar-refractivity contribution >= 4 is 25.9 Å². The van der Waals surface area contributed by atoms with Crippen LogP contribution in [0.4, 0.5) is 0 Å². The highest BCUT2D eigenvalue weighted by Crippen LogP contribution is 2.37. The predicted molar refractivity (Wildman–Crippen MR) is 119 cm³/mol. The van der Waals surface area contributed by atoms with Crippen molar-refractivity contribution in [2.45, 2.75) is 51.7 Å². The summed E-state index contributed by atoms with van der Waals surface area (Å²) < 4.78 is 29.7. The lowest BCUT2D eigenvalue weighted by molar-refractivity contribution is -0.113. The first-order valence-electron chi connectivity index (χ1n) is 10.2. The minimum atomic E-state index is -0.719. The molecule has 31 heavy (non-hydrogen) atoms. The number of aromatic amines is 1. The van der Waals surface area contributed by atoms with Crippen molar-refractivity contribution in [3.05, 3.63) is 33.1 Å². The van der Waals surface area contributed by atoms with Gasteiger partial charge in [0.2, 0.25) is 0 Å². The molecular weight excluding hydrogens is 447 g/mol. The smallest absolute Gasteiger partial charge is 0.330 e. The highest BCUT2D eigenvalue weighted by Gasteiger charge is 2.46. The van der Waals surface area contributed by atoms with E-state index in [9.17, 15) is 14.4 Å². The second kappa shape index (κ2) is 13.5. The van der Waals surface area contributed by atoms with Crippen LogP contribution in [-0.4, -0.2) is 65.7 Å². The monoisotopic (exact) mass is 478 g/mol. The fraction of sp³-hybridized carbons (Fsp3) is 0.737. The molecule has 2 rings (SSSR count). The van der Waals surface area contributed by atoms with Crippen molar-refractivity contribution in [3.8, 4) is 0 Å². The Bertz CT molecular complexity index is 802. The molecule has 1 saturated heterocycles. The summed E-state index contributed by atoms with van der Waals surface area (Å²) in [5.41, 5.74) is -1.05. The van der Waals surface area contributed by atoms with Gasteiger partial charge in [0.25, 0.3) is 5.56 Å². The van der Waals surface area contributed by atoms with E-state index < -0.39 is 29.7 Å². The van der Waals surface area contributed by atoms with Crippen LogP contribution in [0.2, 0.25) is 0 Å². The zero-order chi connectivity index (χ0) is 22.8. The first kappa shape index (κ1) is 26.2. The molecule has 1 aliphatic heterocycles. The first-order chi connectivity index (χ1) is 14.9. The number of hydrogen-bond acceptors (Lipinski definition) is 9. The molecule has 0 spiro atoms. The Morgan fingerprint density at radius 3 is 2.71 bits per heavy atom. The largest absolute Gasteiger partial charge is 0.378 e. The van der Waals surface area contributed by atoms with Gasteiger partial charge in [-0.25, -0.2) is 4.79 Å². The van der Waals surface area contributed by atoms with E-state index in [1.807, 2.05) is 20.8 Å². The summed E-state index contributed by atoms with van der Waals surface area (Å²) >= 11 is 1.28. The molecule has 1 aromatic heterocycles. The SMILES string of the molecule is CC[C@H]1O[C@@H](n2ccc(=O)[nH]c2=O)[C@@H](OC)C1OPOCCOCCSC(=O)C(C)C. The fourth-order valence-corrected chi connectivity index (χ4v) is 4.35. The van der Waals surface area contributed by atoms with Crippen molar-refractivity contribution < 1.29 is 28.1 Å². The molecule has 12 heteroatoms. The fourth-order valence-electron chi connectivity index (χ4n) is 2.98. The zero-order valence-corrected chi connectivity index (χ0v) is 20.0. The third kappa shape index (κ3) is 7.78. The lowest BCUT2D eigenvalue weighted by Crippen LogP contribution is -2.38. The minimum absolute atomic E-state index is 0.0246. The third-order valence-electron chi connectivity index (χ3n) is 4.60. The van der Waals surface area contributed by atoms with Crippen molar-refractivity contribution in [3.63, 3.8) is 0 Å². The Labute approximate surface area is 187 Å². The molecule has 176 valence electrons. The molecule has 0 amide bonds. The molecule has 0 aromatic carbocycles. The summed E-state index contributed by atoms with van der Waals surface area (Å²) in [6.45, 7) is 6.93. The number of nitrogens with one attached hydrogen (secondary N) is 1. The third-order valence-corrected chi connectivity index (χ3v) is 6.42. The standard InChI is InChI=1S/C19H31N2O8PS/c1-5-13-15(29-30-27-9-8-26-10-11-31-18(23)12(2)3)16(25-4)17(28-13)21-7-6-14(22)20-19(21)24/h6-7,12-13,15-17,30H,5,8-11H2,1-4H3,(H,20,22,24)/t13-,15?,16+,17-/m1/s1. The molecule has 1 aliphatic rings. The van der Waals surface area contributed by atoms with Gasteiger partial charge in [0, 0.05) is 31.0 Å². The van der Waals surface area contributed by atoms with E-state index in [1.165, 1.54) is 35.7 Å². The number of thioether (sulfide) groups is 1. The molecule has 2 heterocycles. The van der Waals surface area contributed by atoms with Crippen LogP contribution in [0.1, 0.15) is 33.4 Å². The number of aromatic nitrogens is 2. The van der Waals surface area contributed by atoms with E-state index in [1.54, 1.807) is 0 Å².